The molecule has 0 aliphatic rings. The molecule has 0 radical (unpaired) electrons. The van der Waals surface area contributed by atoms with E-state index in [9.17, 15) is 0 Å². The van der Waals surface area contributed by atoms with Gasteiger partial charge < -0.3 is 0 Å². The van der Waals surface area contributed by atoms with Crippen LogP contribution in [0.2, 0.25) is 5.02 Å². The molecule has 0 amide bonds. The summed E-state index contributed by atoms with van der Waals surface area (Å²) in [5.74, 6) is 1.02. The summed E-state index contributed by atoms with van der Waals surface area (Å²) in [7, 11) is 1.93. The molecular weight excluding hydrogens is 267 g/mol. The molecule has 0 saturated heterocycles. The second-order valence-electron chi connectivity index (χ2n) is 4.54. The molecule has 18 heavy (non-hydrogen) atoms. The number of hydrogen-bond donors (Lipinski definition) is 0. The molecule has 1 aromatic heterocycles. The Morgan fingerprint density at radius 3 is 2.72 bits per heavy atom. The van der Waals surface area contributed by atoms with Crippen molar-refractivity contribution in [1.82, 2.24) is 9.78 Å². The van der Waals surface area contributed by atoms with E-state index in [1.165, 1.54) is 5.56 Å². The van der Waals surface area contributed by atoms with E-state index in [0.29, 0.717) is 11.8 Å². The minimum atomic E-state index is 0.389. The van der Waals surface area contributed by atoms with Crippen LogP contribution in [0, 0.1) is 5.92 Å². The number of rotatable bonds is 5. The van der Waals surface area contributed by atoms with Crippen molar-refractivity contribution in [3.63, 3.8) is 0 Å². The van der Waals surface area contributed by atoms with Crippen molar-refractivity contribution < 1.29 is 0 Å². The summed E-state index contributed by atoms with van der Waals surface area (Å²) < 4.78 is 1.82. The largest absolute Gasteiger partial charge is 0.276 e. The summed E-state index contributed by atoms with van der Waals surface area (Å²) in [5.41, 5.74) is 2.31. The zero-order valence-corrected chi connectivity index (χ0v) is 11.8. The van der Waals surface area contributed by atoms with E-state index in [2.05, 4.69) is 11.2 Å². The molecule has 96 valence electrons. The molecule has 0 fully saturated rings. The molecule has 0 bridgehead atoms. The van der Waals surface area contributed by atoms with E-state index in [-0.39, 0.29) is 0 Å². The van der Waals surface area contributed by atoms with Crippen LogP contribution >= 0.6 is 23.2 Å². The lowest BCUT2D eigenvalue weighted by molar-refractivity contribution is 0.568. The van der Waals surface area contributed by atoms with Crippen LogP contribution in [0.3, 0.4) is 0 Å². The lowest BCUT2D eigenvalue weighted by Gasteiger charge is -2.12. The monoisotopic (exact) mass is 282 g/mol. The minimum Gasteiger partial charge on any atom is -0.276 e. The Kier molecular flexibility index (Phi) is 4.67. The van der Waals surface area contributed by atoms with Gasteiger partial charge in [-0.3, -0.25) is 4.68 Å². The number of hydrogen-bond acceptors (Lipinski definition) is 1. The molecule has 1 aromatic carbocycles. The fourth-order valence-electron chi connectivity index (χ4n) is 2.05. The molecule has 0 saturated carbocycles. The SMILES string of the molecule is Cn1ccc(CC(CCl)Cc2cccc(Cl)c2)n1. The first-order chi connectivity index (χ1) is 8.67. The van der Waals surface area contributed by atoms with Crippen LogP contribution in [0.15, 0.2) is 36.5 Å². The molecule has 1 atom stereocenters. The summed E-state index contributed by atoms with van der Waals surface area (Å²) in [6, 6.07) is 9.99. The smallest absolute Gasteiger partial charge is 0.0627 e. The summed E-state index contributed by atoms with van der Waals surface area (Å²) in [6.07, 6.45) is 3.79. The van der Waals surface area contributed by atoms with Gasteiger partial charge in [-0.05, 0) is 42.5 Å². The zero-order chi connectivity index (χ0) is 13.0. The second-order valence-corrected chi connectivity index (χ2v) is 5.28. The fourth-order valence-corrected chi connectivity index (χ4v) is 2.48. The third-order valence-electron chi connectivity index (χ3n) is 2.90. The predicted molar refractivity (Wildman–Crippen MR) is 76.3 cm³/mol. The molecule has 1 heterocycles. The molecule has 1 unspecified atom stereocenters. The predicted octanol–water partition coefficient (Wildman–Crippen LogP) is 3.71. The maximum atomic E-state index is 6.05. The molecule has 4 heteroatoms. The van der Waals surface area contributed by atoms with Crippen molar-refractivity contribution in [3.05, 3.63) is 52.8 Å². The first kappa shape index (κ1) is 13.4. The van der Waals surface area contributed by atoms with Crippen LogP contribution in [0.25, 0.3) is 0 Å². The van der Waals surface area contributed by atoms with Crippen molar-refractivity contribution >= 4 is 23.2 Å². The van der Waals surface area contributed by atoms with Crippen LogP contribution in [-0.4, -0.2) is 15.7 Å². The lowest BCUT2D eigenvalue weighted by atomic mass is 9.96. The van der Waals surface area contributed by atoms with E-state index in [0.717, 1.165) is 23.6 Å². The van der Waals surface area contributed by atoms with Gasteiger partial charge in [0.05, 0.1) is 5.69 Å². The Balaban J connectivity index is 2.01. The van der Waals surface area contributed by atoms with Crippen molar-refractivity contribution in [3.8, 4) is 0 Å². The van der Waals surface area contributed by atoms with Gasteiger partial charge in [0, 0.05) is 24.1 Å². The third-order valence-corrected chi connectivity index (χ3v) is 3.57. The van der Waals surface area contributed by atoms with Gasteiger partial charge >= 0.3 is 0 Å². The Labute approximate surface area is 118 Å². The van der Waals surface area contributed by atoms with E-state index in [4.69, 9.17) is 23.2 Å². The van der Waals surface area contributed by atoms with Gasteiger partial charge in [-0.25, -0.2) is 0 Å². The van der Waals surface area contributed by atoms with Crippen LogP contribution in [0.5, 0.6) is 0 Å². The molecule has 0 spiro atoms. The number of alkyl halides is 1. The highest BCUT2D eigenvalue weighted by molar-refractivity contribution is 6.30. The van der Waals surface area contributed by atoms with E-state index in [1.807, 2.05) is 42.2 Å². The van der Waals surface area contributed by atoms with Crippen molar-refractivity contribution in [1.29, 1.82) is 0 Å². The number of aryl methyl sites for hydroxylation is 1. The van der Waals surface area contributed by atoms with E-state index in [1.54, 1.807) is 0 Å². The van der Waals surface area contributed by atoms with Gasteiger partial charge in [0.2, 0.25) is 0 Å². The van der Waals surface area contributed by atoms with Gasteiger partial charge in [0.15, 0.2) is 0 Å². The Morgan fingerprint density at radius 2 is 2.11 bits per heavy atom. The molecule has 2 aromatic rings. The maximum absolute atomic E-state index is 6.05. The number of nitrogens with zero attached hydrogens (tertiary/aromatic N) is 2. The quantitative estimate of drug-likeness (QED) is 0.765. The molecule has 0 aliphatic heterocycles. The average molecular weight is 283 g/mol. The van der Waals surface area contributed by atoms with Gasteiger partial charge in [-0.2, -0.15) is 5.10 Å². The van der Waals surface area contributed by atoms with Crippen molar-refractivity contribution in [2.24, 2.45) is 13.0 Å². The first-order valence-corrected chi connectivity index (χ1v) is 6.87. The summed E-state index contributed by atoms with van der Waals surface area (Å²) in [6.45, 7) is 0. The summed E-state index contributed by atoms with van der Waals surface area (Å²) >= 11 is 12.0. The lowest BCUT2D eigenvalue weighted by Crippen LogP contribution is -2.10. The van der Waals surface area contributed by atoms with Crippen LogP contribution in [-0.2, 0) is 19.9 Å². The number of aromatic nitrogens is 2. The van der Waals surface area contributed by atoms with Crippen LogP contribution in [0.4, 0.5) is 0 Å². The van der Waals surface area contributed by atoms with Crippen molar-refractivity contribution in [2.75, 3.05) is 5.88 Å². The van der Waals surface area contributed by atoms with Gasteiger partial charge in [0.1, 0.15) is 0 Å². The Bertz CT molecular complexity index is 508. The molecule has 2 rings (SSSR count). The normalized spacial score (nSPS) is 12.6. The highest BCUT2D eigenvalue weighted by atomic mass is 35.5. The first-order valence-electron chi connectivity index (χ1n) is 5.96. The fraction of sp³-hybridized carbons (Fsp3) is 0.357. The molecule has 0 aliphatic carbocycles. The maximum Gasteiger partial charge on any atom is 0.0627 e. The standard InChI is InChI=1S/C14H16Cl2N2/c1-18-6-5-14(17-18)9-12(10-15)7-11-3-2-4-13(16)8-11/h2-6,8,12H,7,9-10H2,1H3. The van der Waals surface area contributed by atoms with Gasteiger partial charge in [0.25, 0.3) is 0 Å². The van der Waals surface area contributed by atoms with E-state index < -0.39 is 0 Å². The zero-order valence-electron chi connectivity index (χ0n) is 10.3. The summed E-state index contributed by atoms with van der Waals surface area (Å²) in [5, 5.41) is 5.17. The number of halogens is 2. The highest BCUT2D eigenvalue weighted by Crippen LogP contribution is 2.18. The second kappa shape index (κ2) is 6.26. The average Bonchev–Trinajstić information content (AvgIpc) is 2.74. The Morgan fingerprint density at radius 1 is 1.28 bits per heavy atom. The van der Waals surface area contributed by atoms with E-state index >= 15 is 0 Å². The molecule has 2 nitrogen and oxygen atoms in total. The van der Waals surface area contributed by atoms with Gasteiger partial charge in [-0.15, -0.1) is 11.6 Å². The van der Waals surface area contributed by atoms with Crippen molar-refractivity contribution in [2.45, 2.75) is 12.8 Å². The number of benzene rings is 1. The minimum absolute atomic E-state index is 0.389. The molecule has 0 N–H and O–H groups in total. The van der Waals surface area contributed by atoms with Gasteiger partial charge in [-0.1, -0.05) is 23.7 Å². The molecular formula is C14H16Cl2N2. The topological polar surface area (TPSA) is 17.8 Å². The highest BCUT2D eigenvalue weighted by Gasteiger charge is 2.11. The Hall–Kier alpha value is -0.990. The van der Waals surface area contributed by atoms with Crippen LogP contribution < -0.4 is 0 Å². The van der Waals surface area contributed by atoms with Crippen LogP contribution in [0.1, 0.15) is 11.3 Å². The third kappa shape index (κ3) is 3.76. The summed E-state index contributed by atoms with van der Waals surface area (Å²) in [4.78, 5) is 0.